The Morgan fingerprint density at radius 1 is 1.06 bits per heavy atom. The molecule has 1 amide bonds. The number of imidazole rings is 2. The van der Waals surface area contributed by atoms with Gasteiger partial charge in [0.05, 0.1) is 22.8 Å². The molecule has 7 heteroatoms. The van der Waals surface area contributed by atoms with Crippen molar-refractivity contribution in [2.45, 2.75) is 32.4 Å². The normalized spacial score (nSPS) is 15.9. The summed E-state index contributed by atoms with van der Waals surface area (Å²) < 4.78 is 7.92. The molecule has 1 N–H and O–H groups in total. The van der Waals surface area contributed by atoms with Crippen LogP contribution in [0.2, 0.25) is 0 Å². The molecular weight excluding hydrogens is 426 g/mol. The second-order valence-corrected chi connectivity index (χ2v) is 8.81. The minimum Gasteiger partial charge on any atom is -0.487 e. The lowest BCUT2D eigenvalue weighted by atomic mass is 10.1. The number of amides is 1. The van der Waals surface area contributed by atoms with Crippen molar-refractivity contribution in [2.24, 2.45) is 0 Å². The molecule has 1 aliphatic rings. The van der Waals surface area contributed by atoms with Crippen LogP contribution in [0, 0.1) is 6.92 Å². The number of nitrogens with zero attached hydrogens (tertiary/aromatic N) is 4. The first-order valence-corrected chi connectivity index (χ1v) is 11.6. The van der Waals surface area contributed by atoms with Gasteiger partial charge in [0.2, 0.25) is 0 Å². The smallest absolute Gasteiger partial charge is 0.254 e. The molecule has 1 unspecified atom stereocenters. The Morgan fingerprint density at radius 3 is 2.76 bits per heavy atom. The van der Waals surface area contributed by atoms with Crippen molar-refractivity contribution in [2.75, 3.05) is 6.54 Å². The van der Waals surface area contributed by atoms with E-state index < -0.39 is 0 Å². The van der Waals surface area contributed by atoms with Gasteiger partial charge in [-0.3, -0.25) is 4.79 Å². The number of hydrogen-bond donors (Lipinski definition) is 1. The fraction of sp³-hybridized carbons (Fsp3) is 0.222. The highest BCUT2D eigenvalue weighted by Crippen LogP contribution is 2.33. The predicted molar refractivity (Wildman–Crippen MR) is 130 cm³/mol. The van der Waals surface area contributed by atoms with Crippen molar-refractivity contribution >= 4 is 22.6 Å². The molecule has 0 radical (unpaired) electrons. The number of H-pyrrole nitrogens is 1. The monoisotopic (exact) mass is 451 g/mol. The predicted octanol–water partition coefficient (Wildman–Crippen LogP) is 5.08. The SMILES string of the molecule is Cc1ccc2nc(COc3ccc(C(=O)N4CCCC4c4nc5ccccc5[nH]4)cc3)cn2c1. The topological polar surface area (TPSA) is 75.5 Å². The summed E-state index contributed by atoms with van der Waals surface area (Å²) >= 11 is 0. The number of nitrogens with one attached hydrogen (secondary N) is 1. The van der Waals surface area contributed by atoms with E-state index in [1.807, 2.05) is 82.4 Å². The number of fused-ring (bicyclic) bond motifs is 2. The highest BCUT2D eigenvalue weighted by molar-refractivity contribution is 5.94. The zero-order valence-electron chi connectivity index (χ0n) is 18.9. The number of para-hydroxylation sites is 2. The van der Waals surface area contributed by atoms with Crippen molar-refractivity contribution in [3.05, 3.63) is 95.7 Å². The van der Waals surface area contributed by atoms with E-state index in [1.54, 1.807) is 0 Å². The second kappa shape index (κ2) is 8.33. The lowest BCUT2D eigenvalue weighted by molar-refractivity contribution is 0.0730. The third-order valence-corrected chi connectivity index (χ3v) is 6.37. The molecule has 170 valence electrons. The lowest BCUT2D eigenvalue weighted by Gasteiger charge is -2.23. The van der Waals surface area contributed by atoms with Gasteiger partial charge < -0.3 is 19.0 Å². The number of aryl methyl sites for hydroxylation is 1. The van der Waals surface area contributed by atoms with E-state index in [1.165, 1.54) is 5.56 Å². The molecule has 1 saturated heterocycles. The highest BCUT2D eigenvalue weighted by Gasteiger charge is 2.32. The average molecular weight is 452 g/mol. The maximum absolute atomic E-state index is 13.3. The number of rotatable bonds is 5. The van der Waals surface area contributed by atoms with Gasteiger partial charge in [-0.1, -0.05) is 18.2 Å². The Morgan fingerprint density at radius 2 is 1.91 bits per heavy atom. The minimum atomic E-state index is -0.0329. The van der Waals surface area contributed by atoms with Crippen LogP contribution in [-0.4, -0.2) is 36.7 Å². The molecular formula is C27H25N5O2. The van der Waals surface area contributed by atoms with E-state index in [0.29, 0.717) is 17.9 Å². The van der Waals surface area contributed by atoms with Gasteiger partial charge in [0.1, 0.15) is 23.8 Å². The molecule has 7 nitrogen and oxygen atoms in total. The highest BCUT2D eigenvalue weighted by atomic mass is 16.5. The van der Waals surface area contributed by atoms with Crippen molar-refractivity contribution < 1.29 is 9.53 Å². The molecule has 4 heterocycles. The van der Waals surface area contributed by atoms with Crippen molar-refractivity contribution in [3.63, 3.8) is 0 Å². The standard InChI is InChI=1S/C27H25N5O2/c1-18-8-13-25-28-20(16-31(25)15-18)17-34-21-11-9-19(10-12-21)27(33)32-14-4-7-24(32)26-29-22-5-2-3-6-23(22)30-26/h2-3,5-6,8-13,15-16,24H,4,7,14,17H2,1H3,(H,29,30). The third kappa shape index (κ3) is 3.79. The van der Waals surface area contributed by atoms with E-state index in [2.05, 4.69) is 16.9 Å². The van der Waals surface area contributed by atoms with Gasteiger partial charge >= 0.3 is 0 Å². The van der Waals surface area contributed by atoms with Crippen LogP contribution in [0.1, 0.15) is 46.3 Å². The first kappa shape index (κ1) is 20.5. The van der Waals surface area contributed by atoms with Crippen LogP contribution in [-0.2, 0) is 6.61 Å². The lowest BCUT2D eigenvalue weighted by Crippen LogP contribution is -2.31. The molecule has 1 aliphatic heterocycles. The Balaban J connectivity index is 1.14. The van der Waals surface area contributed by atoms with Crippen LogP contribution in [0.5, 0.6) is 5.75 Å². The van der Waals surface area contributed by atoms with Gasteiger partial charge in [-0.15, -0.1) is 0 Å². The quantitative estimate of drug-likeness (QED) is 0.405. The molecule has 0 saturated carbocycles. The number of aromatic amines is 1. The number of likely N-dealkylation sites (tertiary alicyclic amines) is 1. The van der Waals surface area contributed by atoms with Crippen molar-refractivity contribution in [1.82, 2.24) is 24.3 Å². The van der Waals surface area contributed by atoms with Gasteiger partial charge in [-0.05, 0) is 67.8 Å². The van der Waals surface area contributed by atoms with Gasteiger partial charge in [-0.25, -0.2) is 9.97 Å². The number of hydrogen-bond acceptors (Lipinski definition) is 4. The fourth-order valence-corrected chi connectivity index (χ4v) is 4.67. The van der Waals surface area contributed by atoms with Crippen LogP contribution in [0.4, 0.5) is 0 Å². The minimum absolute atomic E-state index is 0.0187. The summed E-state index contributed by atoms with van der Waals surface area (Å²) in [6.45, 7) is 3.15. The summed E-state index contributed by atoms with van der Waals surface area (Å²) in [4.78, 5) is 27.9. The van der Waals surface area contributed by atoms with E-state index in [0.717, 1.165) is 47.6 Å². The van der Waals surface area contributed by atoms with E-state index in [-0.39, 0.29) is 11.9 Å². The number of carbonyl (C=O) groups excluding carboxylic acids is 1. The summed E-state index contributed by atoms with van der Waals surface area (Å²) in [5.74, 6) is 1.58. The number of carbonyl (C=O) groups is 1. The fourth-order valence-electron chi connectivity index (χ4n) is 4.67. The van der Waals surface area contributed by atoms with Crippen LogP contribution in [0.3, 0.4) is 0 Å². The molecule has 0 bridgehead atoms. The van der Waals surface area contributed by atoms with Crippen molar-refractivity contribution in [3.8, 4) is 5.75 Å². The molecule has 1 fully saturated rings. The maximum Gasteiger partial charge on any atom is 0.254 e. The summed E-state index contributed by atoms with van der Waals surface area (Å²) in [6.07, 6.45) is 5.90. The van der Waals surface area contributed by atoms with Gasteiger partial charge in [0, 0.05) is 24.5 Å². The molecule has 2 aromatic carbocycles. The molecule has 5 aromatic rings. The molecule has 0 spiro atoms. The zero-order chi connectivity index (χ0) is 23.1. The Kier molecular flexibility index (Phi) is 5.02. The van der Waals surface area contributed by atoms with Gasteiger partial charge in [0.15, 0.2) is 0 Å². The van der Waals surface area contributed by atoms with Crippen LogP contribution < -0.4 is 4.74 Å². The molecule has 0 aliphatic carbocycles. The summed E-state index contributed by atoms with van der Waals surface area (Å²) in [6, 6.07) is 19.3. The molecule has 3 aromatic heterocycles. The van der Waals surface area contributed by atoms with Gasteiger partial charge in [0.25, 0.3) is 5.91 Å². The summed E-state index contributed by atoms with van der Waals surface area (Å²) in [5, 5.41) is 0. The Hall–Kier alpha value is -4.13. The first-order valence-electron chi connectivity index (χ1n) is 11.6. The van der Waals surface area contributed by atoms with Gasteiger partial charge in [-0.2, -0.15) is 0 Å². The van der Waals surface area contributed by atoms with Crippen LogP contribution >= 0.6 is 0 Å². The first-order chi connectivity index (χ1) is 16.6. The zero-order valence-corrected chi connectivity index (χ0v) is 18.9. The van der Waals surface area contributed by atoms with E-state index in [4.69, 9.17) is 9.72 Å². The maximum atomic E-state index is 13.3. The summed E-state index contributed by atoms with van der Waals surface area (Å²) in [7, 11) is 0. The number of ether oxygens (including phenoxy) is 1. The van der Waals surface area contributed by atoms with E-state index in [9.17, 15) is 4.79 Å². The Bertz CT molecular complexity index is 1450. The molecule has 1 atom stereocenters. The number of benzene rings is 2. The third-order valence-electron chi connectivity index (χ3n) is 6.37. The number of aromatic nitrogens is 4. The van der Waals surface area contributed by atoms with Crippen LogP contribution in [0.15, 0.2) is 73.1 Å². The van der Waals surface area contributed by atoms with Crippen LogP contribution in [0.25, 0.3) is 16.7 Å². The van der Waals surface area contributed by atoms with Crippen molar-refractivity contribution in [1.29, 1.82) is 0 Å². The number of pyridine rings is 1. The second-order valence-electron chi connectivity index (χ2n) is 8.81. The average Bonchev–Trinajstić information content (AvgIpc) is 3.59. The summed E-state index contributed by atoms with van der Waals surface area (Å²) in [5.41, 5.74) is 5.51. The largest absolute Gasteiger partial charge is 0.487 e. The van der Waals surface area contributed by atoms with E-state index >= 15 is 0 Å². The molecule has 6 rings (SSSR count). The Labute approximate surface area is 197 Å². The molecule has 34 heavy (non-hydrogen) atoms.